The fourth-order valence-electron chi connectivity index (χ4n) is 0.996. The van der Waals surface area contributed by atoms with E-state index in [0.717, 1.165) is 11.3 Å². The van der Waals surface area contributed by atoms with Crippen molar-refractivity contribution in [2.75, 3.05) is 12.0 Å². The molecule has 0 heterocycles. The number of nitrogens with two attached hydrogens (primary N) is 1. The SMILES string of the molecule is CSCCC(N)C(=O)O.Cc1cccc(O)c1. The lowest BCUT2D eigenvalue weighted by molar-refractivity contribution is -0.138. The number of hydrogen-bond acceptors (Lipinski definition) is 4. The molecule has 0 radical (unpaired) electrons. The summed E-state index contributed by atoms with van der Waals surface area (Å²) >= 11 is 1.60. The molecule has 1 unspecified atom stereocenters. The minimum atomic E-state index is -0.913. The van der Waals surface area contributed by atoms with Crippen molar-refractivity contribution in [2.45, 2.75) is 19.4 Å². The molecule has 0 aromatic heterocycles. The molecule has 1 atom stereocenters. The van der Waals surface area contributed by atoms with Gasteiger partial charge in [0.25, 0.3) is 0 Å². The fraction of sp³-hybridized carbons (Fsp3) is 0.417. The van der Waals surface area contributed by atoms with Gasteiger partial charge in [-0.3, -0.25) is 4.79 Å². The van der Waals surface area contributed by atoms with Crippen LogP contribution in [-0.2, 0) is 4.79 Å². The zero-order valence-electron chi connectivity index (χ0n) is 10.1. The first-order valence-electron chi connectivity index (χ1n) is 5.20. The van der Waals surface area contributed by atoms with Crippen molar-refractivity contribution in [3.8, 4) is 5.75 Å². The van der Waals surface area contributed by atoms with Crippen LogP contribution in [0, 0.1) is 6.92 Å². The summed E-state index contributed by atoms with van der Waals surface area (Å²) in [5, 5.41) is 17.1. The molecule has 0 saturated heterocycles. The van der Waals surface area contributed by atoms with Crippen LogP contribution in [0.25, 0.3) is 0 Å². The van der Waals surface area contributed by atoms with Crippen LogP contribution in [0.3, 0.4) is 0 Å². The number of aryl methyl sites for hydroxylation is 1. The Morgan fingerprint density at radius 3 is 2.53 bits per heavy atom. The van der Waals surface area contributed by atoms with Gasteiger partial charge in [0.05, 0.1) is 0 Å². The minimum Gasteiger partial charge on any atom is -0.508 e. The Morgan fingerprint density at radius 2 is 2.18 bits per heavy atom. The summed E-state index contributed by atoms with van der Waals surface area (Å²) in [6.07, 6.45) is 2.48. The third-order valence-corrected chi connectivity index (χ3v) is 2.60. The van der Waals surface area contributed by atoms with Crippen molar-refractivity contribution >= 4 is 17.7 Å². The topological polar surface area (TPSA) is 83.6 Å². The molecule has 4 nitrogen and oxygen atoms in total. The number of phenolic OH excluding ortho intramolecular Hbond substituents is 1. The monoisotopic (exact) mass is 257 g/mol. The maximum atomic E-state index is 10.1. The Balaban J connectivity index is 0.000000302. The summed E-state index contributed by atoms with van der Waals surface area (Å²) in [7, 11) is 0. The molecular formula is C12H19NO3S. The maximum Gasteiger partial charge on any atom is 0.320 e. The molecule has 0 bridgehead atoms. The van der Waals surface area contributed by atoms with Gasteiger partial charge in [0.2, 0.25) is 0 Å². The Bertz CT molecular complexity index is 327. The molecule has 1 aromatic rings. The molecule has 0 saturated carbocycles. The Kier molecular flexibility index (Phi) is 8.27. The summed E-state index contributed by atoms with van der Waals surface area (Å²) in [5.41, 5.74) is 6.28. The van der Waals surface area contributed by atoms with Crippen LogP contribution in [0.15, 0.2) is 24.3 Å². The van der Waals surface area contributed by atoms with Crippen molar-refractivity contribution in [1.82, 2.24) is 0 Å². The van der Waals surface area contributed by atoms with E-state index in [-0.39, 0.29) is 0 Å². The first kappa shape index (κ1) is 15.8. The summed E-state index contributed by atoms with van der Waals surface area (Å²) in [6, 6.07) is 6.47. The number of carboxylic acid groups (broad SMARTS) is 1. The van der Waals surface area contributed by atoms with Crippen LogP contribution >= 0.6 is 11.8 Å². The van der Waals surface area contributed by atoms with Crippen molar-refractivity contribution in [2.24, 2.45) is 5.73 Å². The van der Waals surface area contributed by atoms with E-state index in [1.165, 1.54) is 0 Å². The predicted octanol–water partition coefficient (Wildman–Crippen LogP) is 1.85. The number of phenols is 1. The van der Waals surface area contributed by atoms with E-state index in [1.54, 1.807) is 23.9 Å². The van der Waals surface area contributed by atoms with Crippen molar-refractivity contribution < 1.29 is 15.0 Å². The number of aliphatic carboxylic acids is 1. The highest BCUT2D eigenvalue weighted by Gasteiger charge is 2.08. The zero-order valence-corrected chi connectivity index (χ0v) is 10.9. The molecular weight excluding hydrogens is 238 g/mol. The van der Waals surface area contributed by atoms with Gasteiger partial charge >= 0.3 is 5.97 Å². The van der Waals surface area contributed by atoms with Crippen LogP contribution in [-0.4, -0.2) is 34.2 Å². The highest BCUT2D eigenvalue weighted by Crippen LogP contribution is 2.08. The van der Waals surface area contributed by atoms with E-state index in [2.05, 4.69) is 0 Å². The smallest absolute Gasteiger partial charge is 0.320 e. The highest BCUT2D eigenvalue weighted by atomic mass is 32.2. The Morgan fingerprint density at radius 1 is 1.53 bits per heavy atom. The number of thioether (sulfide) groups is 1. The van der Waals surface area contributed by atoms with Crippen LogP contribution in [0.1, 0.15) is 12.0 Å². The number of hydrogen-bond donors (Lipinski definition) is 3. The third-order valence-electron chi connectivity index (χ3n) is 1.95. The van der Waals surface area contributed by atoms with Crippen molar-refractivity contribution in [1.29, 1.82) is 0 Å². The van der Waals surface area contributed by atoms with Gasteiger partial charge in [0.15, 0.2) is 0 Å². The van der Waals surface area contributed by atoms with E-state index >= 15 is 0 Å². The second-order valence-corrected chi connectivity index (χ2v) is 4.55. The summed E-state index contributed by atoms with van der Waals surface area (Å²) < 4.78 is 0. The maximum absolute atomic E-state index is 10.1. The van der Waals surface area contributed by atoms with Gasteiger partial charge in [-0.25, -0.2) is 0 Å². The minimum absolute atomic E-state index is 0.338. The number of carboxylic acids is 1. The van der Waals surface area contributed by atoms with E-state index < -0.39 is 12.0 Å². The first-order chi connectivity index (χ1) is 7.97. The van der Waals surface area contributed by atoms with Crippen LogP contribution in [0.2, 0.25) is 0 Å². The van der Waals surface area contributed by atoms with Gasteiger partial charge in [-0.2, -0.15) is 11.8 Å². The molecule has 1 rings (SSSR count). The van der Waals surface area contributed by atoms with Gasteiger partial charge in [-0.1, -0.05) is 12.1 Å². The molecule has 0 aliphatic carbocycles. The molecule has 0 spiro atoms. The van der Waals surface area contributed by atoms with Crippen LogP contribution < -0.4 is 5.73 Å². The standard InChI is InChI=1S/C7H8O.C5H11NO2S/c1-6-3-2-4-7(8)5-6;1-9-3-2-4(6)5(7)8/h2-5,8H,1H3;4H,2-3,6H2,1H3,(H,7,8). The van der Waals surface area contributed by atoms with Gasteiger partial charge in [-0.15, -0.1) is 0 Å². The molecule has 0 amide bonds. The van der Waals surface area contributed by atoms with E-state index in [4.69, 9.17) is 15.9 Å². The van der Waals surface area contributed by atoms with Gasteiger partial charge in [0.1, 0.15) is 11.8 Å². The van der Waals surface area contributed by atoms with Crippen molar-refractivity contribution in [3.63, 3.8) is 0 Å². The normalized spacial score (nSPS) is 11.2. The number of aromatic hydroxyl groups is 1. The fourth-order valence-corrected chi connectivity index (χ4v) is 1.49. The van der Waals surface area contributed by atoms with E-state index in [0.29, 0.717) is 12.2 Å². The Hall–Kier alpha value is -1.20. The number of rotatable bonds is 4. The van der Waals surface area contributed by atoms with Gasteiger partial charge in [0, 0.05) is 0 Å². The largest absolute Gasteiger partial charge is 0.508 e. The third kappa shape index (κ3) is 8.59. The molecule has 0 aliphatic rings. The molecule has 96 valence electrons. The molecule has 1 aromatic carbocycles. The van der Waals surface area contributed by atoms with E-state index in [1.807, 2.05) is 25.3 Å². The molecule has 0 fully saturated rings. The lowest BCUT2D eigenvalue weighted by Gasteiger charge is -2.02. The second kappa shape index (κ2) is 8.90. The first-order valence-corrected chi connectivity index (χ1v) is 6.59. The van der Waals surface area contributed by atoms with Crippen LogP contribution in [0.4, 0.5) is 0 Å². The number of benzene rings is 1. The average molecular weight is 257 g/mol. The predicted molar refractivity (Wildman–Crippen MR) is 71.5 cm³/mol. The Labute approximate surface area is 106 Å². The van der Waals surface area contributed by atoms with Crippen molar-refractivity contribution in [3.05, 3.63) is 29.8 Å². The summed E-state index contributed by atoms with van der Waals surface area (Å²) in [5.74, 6) is 0.238. The molecule has 5 heteroatoms. The summed E-state index contributed by atoms with van der Waals surface area (Å²) in [6.45, 7) is 1.94. The molecule has 4 N–H and O–H groups in total. The average Bonchev–Trinajstić information content (AvgIpc) is 2.26. The highest BCUT2D eigenvalue weighted by molar-refractivity contribution is 7.98. The van der Waals surface area contributed by atoms with Crippen LogP contribution in [0.5, 0.6) is 5.75 Å². The van der Waals surface area contributed by atoms with Gasteiger partial charge < -0.3 is 15.9 Å². The molecule has 17 heavy (non-hydrogen) atoms. The zero-order chi connectivity index (χ0) is 13.3. The second-order valence-electron chi connectivity index (χ2n) is 3.57. The lowest BCUT2D eigenvalue weighted by Crippen LogP contribution is -2.30. The quantitative estimate of drug-likeness (QED) is 0.766. The van der Waals surface area contributed by atoms with Gasteiger partial charge in [-0.05, 0) is 43.0 Å². The summed E-state index contributed by atoms with van der Waals surface area (Å²) in [4.78, 5) is 10.1. The number of carbonyl (C=O) groups is 1. The lowest BCUT2D eigenvalue weighted by atomic mass is 10.2. The van der Waals surface area contributed by atoms with E-state index in [9.17, 15) is 4.79 Å². The molecule has 0 aliphatic heterocycles.